The first-order chi connectivity index (χ1) is 16.4. The Morgan fingerprint density at radius 1 is 1.26 bits per heavy atom. The van der Waals surface area contributed by atoms with Crippen molar-refractivity contribution in [1.82, 2.24) is 24.4 Å². The fourth-order valence-corrected chi connectivity index (χ4v) is 4.62. The lowest BCUT2D eigenvalue weighted by Gasteiger charge is -2.38. The van der Waals surface area contributed by atoms with Crippen LogP contribution in [0.5, 0.6) is 0 Å². The van der Waals surface area contributed by atoms with Crippen molar-refractivity contribution in [3.05, 3.63) is 105 Å². The van der Waals surface area contributed by atoms with E-state index in [0.717, 1.165) is 59.7 Å². The summed E-state index contributed by atoms with van der Waals surface area (Å²) in [5.74, 6) is 0.652. The summed E-state index contributed by atoms with van der Waals surface area (Å²) < 4.78 is 1.55. The number of fused-ring (bicyclic) bond motifs is 2. The Morgan fingerprint density at radius 2 is 2.12 bits per heavy atom. The summed E-state index contributed by atoms with van der Waals surface area (Å²) in [5, 5.41) is 0. The number of pyridine rings is 1. The van der Waals surface area contributed by atoms with E-state index < -0.39 is 0 Å². The van der Waals surface area contributed by atoms with Gasteiger partial charge in [0.1, 0.15) is 6.17 Å². The maximum atomic E-state index is 12.5. The van der Waals surface area contributed by atoms with Crippen LogP contribution in [0.2, 0.25) is 0 Å². The molecular weight excluding hydrogens is 424 g/mol. The van der Waals surface area contributed by atoms with Gasteiger partial charge in [-0.05, 0) is 55.2 Å². The molecule has 3 aliphatic heterocycles. The van der Waals surface area contributed by atoms with E-state index in [-0.39, 0.29) is 11.7 Å². The number of nitrogens with zero attached hydrogens (tertiary/aromatic N) is 5. The van der Waals surface area contributed by atoms with Gasteiger partial charge in [0, 0.05) is 66.8 Å². The highest BCUT2D eigenvalue weighted by molar-refractivity contribution is 5.76. The molecule has 0 aromatic carbocycles. The lowest BCUT2D eigenvalue weighted by Crippen LogP contribution is -2.51. The Balaban J connectivity index is 1.40. The molecule has 1 N–H and O–H groups in total. The van der Waals surface area contributed by atoms with Crippen LogP contribution in [0.4, 0.5) is 0 Å². The van der Waals surface area contributed by atoms with Gasteiger partial charge in [-0.1, -0.05) is 25.7 Å². The number of hydrogen-bond donors (Lipinski definition) is 1. The van der Waals surface area contributed by atoms with Crippen LogP contribution < -0.4 is 11.0 Å². The van der Waals surface area contributed by atoms with E-state index in [1.807, 2.05) is 25.3 Å². The van der Waals surface area contributed by atoms with Crippen molar-refractivity contribution in [1.29, 1.82) is 0 Å². The molecule has 3 aliphatic rings. The monoisotopic (exact) mass is 454 g/mol. The summed E-state index contributed by atoms with van der Waals surface area (Å²) in [6.45, 7) is 11.8. The van der Waals surface area contributed by atoms with Crippen molar-refractivity contribution in [2.45, 2.75) is 46.3 Å². The van der Waals surface area contributed by atoms with E-state index in [1.54, 1.807) is 10.7 Å². The number of nitrogens with one attached hydrogen (secondary N) is 1. The van der Waals surface area contributed by atoms with E-state index in [0.29, 0.717) is 5.82 Å². The topological polar surface area (TPSA) is 66.3 Å². The second-order valence-electron chi connectivity index (χ2n) is 9.01. The maximum Gasteiger partial charge on any atom is 0.272 e. The van der Waals surface area contributed by atoms with E-state index in [9.17, 15) is 4.79 Å². The number of allylic oxidation sites excluding steroid dienone is 4. The van der Waals surface area contributed by atoms with E-state index >= 15 is 0 Å². The Hall–Kier alpha value is -3.71. The minimum Gasteiger partial charge on any atom is -0.324 e. The third-order valence-electron chi connectivity index (χ3n) is 6.45. The van der Waals surface area contributed by atoms with Gasteiger partial charge >= 0.3 is 0 Å². The highest BCUT2D eigenvalue weighted by Gasteiger charge is 2.29. The van der Waals surface area contributed by atoms with E-state index in [2.05, 4.69) is 71.3 Å². The van der Waals surface area contributed by atoms with Crippen molar-refractivity contribution in [2.24, 2.45) is 0 Å². The molecule has 1 atom stereocenters. The Kier molecular flexibility index (Phi) is 5.79. The van der Waals surface area contributed by atoms with Crippen LogP contribution in [0.15, 0.2) is 71.6 Å². The van der Waals surface area contributed by atoms with Crippen LogP contribution in [0.3, 0.4) is 0 Å². The van der Waals surface area contributed by atoms with Gasteiger partial charge < -0.3 is 4.90 Å². The molecule has 0 saturated heterocycles. The van der Waals surface area contributed by atoms with Gasteiger partial charge in [0.15, 0.2) is 5.82 Å². The van der Waals surface area contributed by atoms with Crippen LogP contribution in [-0.4, -0.2) is 37.2 Å². The van der Waals surface area contributed by atoms with E-state index in [4.69, 9.17) is 4.98 Å². The summed E-state index contributed by atoms with van der Waals surface area (Å²) in [5.41, 5.74) is 10.7. The van der Waals surface area contributed by atoms with Crippen LogP contribution in [0, 0.1) is 6.92 Å². The second kappa shape index (κ2) is 8.91. The molecule has 0 aliphatic carbocycles. The van der Waals surface area contributed by atoms with Gasteiger partial charge in [-0.3, -0.25) is 20.1 Å². The molecule has 0 fully saturated rings. The predicted molar refractivity (Wildman–Crippen MR) is 136 cm³/mol. The summed E-state index contributed by atoms with van der Waals surface area (Å²) >= 11 is 0. The maximum absolute atomic E-state index is 12.5. The average molecular weight is 455 g/mol. The molecule has 5 heterocycles. The first-order valence-corrected chi connectivity index (χ1v) is 11.7. The Morgan fingerprint density at radius 3 is 2.94 bits per heavy atom. The molecular formula is C27H30N6O. The molecule has 5 rings (SSSR count). The molecule has 34 heavy (non-hydrogen) atoms. The third kappa shape index (κ3) is 4.15. The lowest BCUT2D eigenvalue weighted by molar-refractivity contribution is 0.205. The van der Waals surface area contributed by atoms with E-state index in [1.165, 1.54) is 5.56 Å². The number of aryl methyl sites for hydroxylation is 1. The molecule has 0 amide bonds. The predicted octanol–water partition coefficient (Wildman–Crippen LogP) is 3.94. The van der Waals surface area contributed by atoms with Crippen LogP contribution in [0.1, 0.15) is 48.6 Å². The minimum atomic E-state index is -0.0862. The standard InChI is InChI=1S/C27H30N6O/c1-5-6-10-31-16-21(8-7-20(31)4)22-14-23-17-32(11-9-24(23)28-15-22)27-18(2)12-25-29-19(3)13-26(34)33(25)30-27/h6-8,10,12-16,27,30H,4-5,9,11,17H2,1-3H3/b10-6-. The molecule has 174 valence electrons. The summed E-state index contributed by atoms with van der Waals surface area (Å²) in [6.07, 6.45) is 16.1. The fraction of sp³-hybridized carbons (Fsp3) is 0.296. The van der Waals surface area contributed by atoms with Crippen molar-refractivity contribution in [3.8, 4) is 0 Å². The van der Waals surface area contributed by atoms with Crippen molar-refractivity contribution < 1.29 is 0 Å². The van der Waals surface area contributed by atoms with Crippen LogP contribution >= 0.6 is 0 Å². The first-order valence-electron chi connectivity index (χ1n) is 11.7. The zero-order valence-electron chi connectivity index (χ0n) is 20.0. The SMILES string of the molecule is C=C1C=CC(c2cnc3c(c2)CN(C2Nn4c(nc(C)cc4=O)C=C2C)CC3)=CN1/C=C\CC. The molecule has 2 aromatic heterocycles. The van der Waals surface area contributed by atoms with Crippen molar-refractivity contribution >= 4 is 11.6 Å². The molecule has 0 spiro atoms. The second-order valence-corrected chi connectivity index (χ2v) is 9.01. The average Bonchev–Trinajstić information content (AvgIpc) is 2.82. The molecule has 2 aromatic rings. The highest BCUT2D eigenvalue weighted by Crippen LogP contribution is 2.29. The number of rotatable bonds is 4. The summed E-state index contributed by atoms with van der Waals surface area (Å²) in [6, 6.07) is 3.80. The summed E-state index contributed by atoms with van der Waals surface area (Å²) in [7, 11) is 0. The van der Waals surface area contributed by atoms with Crippen molar-refractivity contribution in [2.75, 3.05) is 12.0 Å². The van der Waals surface area contributed by atoms with Gasteiger partial charge in [0.2, 0.25) is 0 Å². The Bertz CT molecular complexity index is 1330. The Labute approximate surface area is 200 Å². The van der Waals surface area contributed by atoms with Gasteiger partial charge in [-0.15, -0.1) is 0 Å². The molecule has 1 unspecified atom stereocenters. The molecule has 0 saturated carbocycles. The molecule has 0 bridgehead atoms. The van der Waals surface area contributed by atoms with Gasteiger partial charge in [-0.2, -0.15) is 0 Å². The largest absolute Gasteiger partial charge is 0.324 e. The minimum absolute atomic E-state index is 0.0710. The first kappa shape index (κ1) is 22.1. The van der Waals surface area contributed by atoms with Gasteiger partial charge in [0.05, 0.1) is 0 Å². The smallest absolute Gasteiger partial charge is 0.272 e. The van der Waals surface area contributed by atoms with Gasteiger partial charge in [0.25, 0.3) is 5.56 Å². The zero-order chi connectivity index (χ0) is 23.8. The normalized spacial score (nSPS) is 20.0. The molecule has 0 radical (unpaired) electrons. The lowest BCUT2D eigenvalue weighted by atomic mass is 9.98. The molecule has 7 heteroatoms. The van der Waals surface area contributed by atoms with Crippen molar-refractivity contribution in [3.63, 3.8) is 0 Å². The number of aromatic nitrogens is 3. The third-order valence-corrected chi connectivity index (χ3v) is 6.45. The zero-order valence-corrected chi connectivity index (χ0v) is 20.0. The quantitative estimate of drug-likeness (QED) is 0.755. The van der Waals surface area contributed by atoms with Crippen LogP contribution in [-0.2, 0) is 13.0 Å². The van der Waals surface area contributed by atoms with Gasteiger partial charge in [-0.25, -0.2) is 9.66 Å². The summed E-state index contributed by atoms with van der Waals surface area (Å²) in [4.78, 5) is 26.2. The molecule has 7 nitrogen and oxygen atoms in total. The highest BCUT2D eigenvalue weighted by atomic mass is 16.1. The fourth-order valence-electron chi connectivity index (χ4n) is 4.62. The number of hydrogen-bond acceptors (Lipinski definition) is 6. The van der Waals surface area contributed by atoms with Crippen LogP contribution in [0.25, 0.3) is 11.6 Å².